The predicted molar refractivity (Wildman–Crippen MR) is 78.2 cm³/mol. The average Bonchev–Trinajstić information content (AvgIpc) is 3.05. The molecule has 0 atom stereocenters. The Hall–Kier alpha value is -0.370. The molecule has 19 heavy (non-hydrogen) atoms. The molecule has 2 heteroatoms. The van der Waals surface area contributed by atoms with Crippen LogP contribution < -0.4 is 0 Å². The predicted octanol–water partition coefficient (Wildman–Crippen LogP) is 3.93. The van der Waals surface area contributed by atoms with Gasteiger partial charge in [-0.3, -0.25) is 9.69 Å². The van der Waals surface area contributed by atoms with Crippen LogP contribution in [0.15, 0.2) is 0 Å². The smallest absolute Gasteiger partial charge is 0.156 e. The minimum Gasteiger partial charge on any atom is -0.297 e. The molecule has 0 bridgehead atoms. The van der Waals surface area contributed by atoms with Gasteiger partial charge in [0.05, 0.1) is 5.54 Å². The first-order chi connectivity index (χ1) is 9.33. The van der Waals surface area contributed by atoms with E-state index in [1.165, 1.54) is 77.3 Å². The van der Waals surface area contributed by atoms with Crippen LogP contribution in [-0.4, -0.2) is 29.3 Å². The van der Waals surface area contributed by atoms with E-state index < -0.39 is 0 Å². The zero-order valence-electron chi connectivity index (χ0n) is 12.3. The Kier molecular flexibility index (Phi) is 4.26. The van der Waals surface area contributed by atoms with Crippen molar-refractivity contribution in [3.8, 4) is 0 Å². The van der Waals surface area contributed by atoms with Crippen molar-refractivity contribution < 1.29 is 4.79 Å². The third-order valence-corrected chi connectivity index (χ3v) is 5.83. The van der Waals surface area contributed by atoms with Crippen LogP contribution in [0.2, 0.25) is 0 Å². The molecule has 0 aromatic rings. The normalized spacial score (nSPS) is 29.5. The fourth-order valence-electron chi connectivity index (χ4n) is 4.75. The molecule has 0 spiro atoms. The number of carbonyl (C=O) groups excluding carboxylic acids is 1. The summed E-state index contributed by atoms with van der Waals surface area (Å²) in [7, 11) is 0. The van der Waals surface area contributed by atoms with Crippen molar-refractivity contribution in [3.63, 3.8) is 0 Å². The zero-order valence-corrected chi connectivity index (χ0v) is 12.3. The molecule has 0 unspecified atom stereocenters. The highest BCUT2D eigenvalue weighted by molar-refractivity contribution is 5.90. The summed E-state index contributed by atoms with van der Waals surface area (Å²) >= 11 is 0. The quantitative estimate of drug-likeness (QED) is 0.719. The first-order valence-corrected chi connectivity index (χ1v) is 8.62. The molecule has 2 aliphatic carbocycles. The highest BCUT2D eigenvalue weighted by atomic mass is 16.1. The number of ketones is 1. The van der Waals surface area contributed by atoms with Crippen molar-refractivity contribution in [2.24, 2.45) is 5.92 Å². The Bertz CT molecular complexity index is 305. The van der Waals surface area contributed by atoms with Gasteiger partial charge in [-0.05, 0) is 51.6 Å². The Morgan fingerprint density at radius 3 is 1.95 bits per heavy atom. The van der Waals surface area contributed by atoms with E-state index in [9.17, 15) is 4.79 Å². The van der Waals surface area contributed by atoms with Crippen LogP contribution >= 0.6 is 0 Å². The van der Waals surface area contributed by atoms with Crippen molar-refractivity contribution in [2.45, 2.75) is 82.6 Å². The largest absolute Gasteiger partial charge is 0.297 e. The maximum Gasteiger partial charge on any atom is 0.156 e. The average molecular weight is 263 g/mol. The number of Topliss-reactive ketones (excluding diaryl/α,β-unsaturated/α-hetero) is 1. The van der Waals surface area contributed by atoms with Gasteiger partial charge in [0.2, 0.25) is 0 Å². The maximum absolute atomic E-state index is 13.2. The van der Waals surface area contributed by atoms with E-state index in [2.05, 4.69) is 4.90 Å². The molecule has 0 aromatic carbocycles. The van der Waals surface area contributed by atoms with Crippen molar-refractivity contribution in [3.05, 3.63) is 0 Å². The molecule has 2 nitrogen and oxygen atoms in total. The van der Waals surface area contributed by atoms with E-state index in [0.717, 1.165) is 12.8 Å². The summed E-state index contributed by atoms with van der Waals surface area (Å²) in [6.45, 7) is 2.36. The van der Waals surface area contributed by atoms with E-state index in [-0.39, 0.29) is 5.54 Å². The van der Waals surface area contributed by atoms with E-state index in [1.807, 2.05) is 0 Å². The number of rotatable bonds is 3. The standard InChI is InChI=1S/C17H29NO/c19-16(15-9-3-1-2-4-10-15)17(11-5-6-12-17)18-13-7-8-14-18/h15H,1-14H2. The minimum absolute atomic E-state index is 0.0223. The van der Waals surface area contributed by atoms with Crippen LogP contribution in [-0.2, 0) is 4.79 Å². The summed E-state index contributed by atoms with van der Waals surface area (Å²) in [4.78, 5) is 15.8. The van der Waals surface area contributed by atoms with Gasteiger partial charge in [0.1, 0.15) is 0 Å². The summed E-state index contributed by atoms with van der Waals surface area (Å²) in [6, 6.07) is 0. The highest BCUT2D eigenvalue weighted by Gasteiger charge is 2.48. The lowest BCUT2D eigenvalue weighted by molar-refractivity contribution is -0.135. The second-order valence-corrected chi connectivity index (χ2v) is 6.99. The molecule has 1 aliphatic heterocycles. The number of hydrogen-bond donors (Lipinski definition) is 0. The van der Waals surface area contributed by atoms with Crippen molar-refractivity contribution in [1.82, 2.24) is 4.90 Å². The van der Waals surface area contributed by atoms with Gasteiger partial charge in [-0.15, -0.1) is 0 Å². The minimum atomic E-state index is -0.0223. The van der Waals surface area contributed by atoms with Gasteiger partial charge in [0, 0.05) is 5.92 Å². The molecular formula is C17H29NO. The van der Waals surface area contributed by atoms with E-state index >= 15 is 0 Å². The van der Waals surface area contributed by atoms with Crippen LogP contribution in [0.1, 0.15) is 77.0 Å². The highest BCUT2D eigenvalue weighted by Crippen LogP contribution is 2.41. The maximum atomic E-state index is 13.2. The van der Waals surface area contributed by atoms with E-state index in [0.29, 0.717) is 11.7 Å². The first-order valence-electron chi connectivity index (χ1n) is 8.62. The topological polar surface area (TPSA) is 20.3 Å². The van der Waals surface area contributed by atoms with Gasteiger partial charge in [-0.2, -0.15) is 0 Å². The zero-order chi connectivity index (χ0) is 13.1. The van der Waals surface area contributed by atoms with Crippen LogP contribution in [0.25, 0.3) is 0 Å². The molecule has 0 aromatic heterocycles. The molecular weight excluding hydrogens is 234 g/mol. The van der Waals surface area contributed by atoms with Crippen LogP contribution in [0.4, 0.5) is 0 Å². The molecule has 108 valence electrons. The Balaban J connectivity index is 1.76. The van der Waals surface area contributed by atoms with Crippen LogP contribution in [0, 0.1) is 5.92 Å². The number of hydrogen-bond acceptors (Lipinski definition) is 2. The molecule has 3 rings (SSSR count). The van der Waals surface area contributed by atoms with Gasteiger partial charge < -0.3 is 0 Å². The summed E-state index contributed by atoms with van der Waals surface area (Å²) < 4.78 is 0. The van der Waals surface area contributed by atoms with Gasteiger partial charge in [0.15, 0.2) is 5.78 Å². The van der Waals surface area contributed by atoms with Gasteiger partial charge in [0.25, 0.3) is 0 Å². The summed E-state index contributed by atoms with van der Waals surface area (Å²) in [5, 5.41) is 0. The lowest BCUT2D eigenvalue weighted by Gasteiger charge is -2.39. The van der Waals surface area contributed by atoms with Crippen LogP contribution in [0.3, 0.4) is 0 Å². The fourth-order valence-corrected chi connectivity index (χ4v) is 4.75. The Morgan fingerprint density at radius 1 is 0.789 bits per heavy atom. The molecule has 1 saturated heterocycles. The first kappa shape index (κ1) is 13.6. The van der Waals surface area contributed by atoms with Crippen molar-refractivity contribution >= 4 is 5.78 Å². The number of carbonyl (C=O) groups is 1. The molecule has 0 N–H and O–H groups in total. The molecule has 3 aliphatic rings. The van der Waals surface area contributed by atoms with Crippen molar-refractivity contribution in [1.29, 1.82) is 0 Å². The molecule has 3 fully saturated rings. The molecule has 2 saturated carbocycles. The number of likely N-dealkylation sites (tertiary alicyclic amines) is 1. The molecule has 0 amide bonds. The Labute approximate surface area is 117 Å². The summed E-state index contributed by atoms with van der Waals surface area (Å²) in [6.07, 6.45) is 15.1. The third-order valence-electron chi connectivity index (χ3n) is 5.83. The van der Waals surface area contributed by atoms with Crippen molar-refractivity contribution in [2.75, 3.05) is 13.1 Å². The van der Waals surface area contributed by atoms with Crippen LogP contribution in [0.5, 0.6) is 0 Å². The van der Waals surface area contributed by atoms with Gasteiger partial charge in [-0.1, -0.05) is 38.5 Å². The van der Waals surface area contributed by atoms with Gasteiger partial charge in [-0.25, -0.2) is 0 Å². The number of nitrogens with zero attached hydrogens (tertiary/aromatic N) is 1. The molecule has 1 heterocycles. The Morgan fingerprint density at radius 2 is 1.37 bits per heavy atom. The lowest BCUT2D eigenvalue weighted by Crippen LogP contribution is -2.53. The van der Waals surface area contributed by atoms with E-state index in [4.69, 9.17) is 0 Å². The lowest BCUT2D eigenvalue weighted by atomic mass is 9.79. The summed E-state index contributed by atoms with van der Waals surface area (Å²) in [5.41, 5.74) is -0.0223. The SMILES string of the molecule is O=C(C1CCCCCC1)C1(N2CCCC2)CCCC1. The fraction of sp³-hybridized carbons (Fsp3) is 0.941. The van der Waals surface area contributed by atoms with Gasteiger partial charge >= 0.3 is 0 Å². The summed E-state index contributed by atoms with van der Waals surface area (Å²) in [5.74, 6) is 1.04. The third kappa shape index (κ3) is 2.61. The monoisotopic (exact) mass is 263 g/mol. The molecule has 0 radical (unpaired) electrons. The second-order valence-electron chi connectivity index (χ2n) is 6.99. The van der Waals surface area contributed by atoms with E-state index in [1.54, 1.807) is 0 Å². The second kappa shape index (κ2) is 5.95.